The Labute approximate surface area is 220 Å². The molecule has 2 saturated heterocycles. The highest BCUT2D eigenvalue weighted by atomic mass is 32.2. The second-order valence-corrected chi connectivity index (χ2v) is 12.0. The van der Waals surface area contributed by atoms with Crippen LogP contribution in [0.5, 0.6) is 5.75 Å². The van der Waals surface area contributed by atoms with Crippen LogP contribution in [0.4, 0.5) is 0 Å². The van der Waals surface area contributed by atoms with Gasteiger partial charge in [-0.25, -0.2) is 4.79 Å². The summed E-state index contributed by atoms with van der Waals surface area (Å²) >= 11 is 1.34. The average Bonchev–Trinajstić information content (AvgIpc) is 3.08. The predicted molar refractivity (Wildman–Crippen MR) is 138 cm³/mol. The summed E-state index contributed by atoms with van der Waals surface area (Å²) in [4.78, 5) is 39.3. The van der Waals surface area contributed by atoms with Crippen LogP contribution in [0.2, 0.25) is 0 Å². The molecule has 0 aromatic heterocycles. The molecule has 3 aliphatic rings. The van der Waals surface area contributed by atoms with Gasteiger partial charge in [-0.2, -0.15) is 0 Å². The van der Waals surface area contributed by atoms with E-state index in [0.29, 0.717) is 5.56 Å². The van der Waals surface area contributed by atoms with Crippen LogP contribution in [0.1, 0.15) is 57.6 Å². The second-order valence-electron chi connectivity index (χ2n) is 10.2. The highest BCUT2D eigenvalue weighted by Crippen LogP contribution is 2.50. The van der Waals surface area contributed by atoms with E-state index in [1.54, 1.807) is 26.0 Å². The molecule has 4 rings (SSSR count). The van der Waals surface area contributed by atoms with Gasteiger partial charge in [0, 0.05) is 4.75 Å². The number of aliphatic carboxylic acids is 1. The van der Waals surface area contributed by atoms with Gasteiger partial charge in [-0.3, -0.25) is 14.9 Å². The lowest BCUT2D eigenvalue weighted by molar-refractivity contribution is -0.161. The highest BCUT2D eigenvalue weighted by molar-refractivity contribution is 8.01. The summed E-state index contributed by atoms with van der Waals surface area (Å²) in [5.74, 6) is -2.05. The van der Waals surface area contributed by atoms with Crippen molar-refractivity contribution in [2.24, 2.45) is 0 Å². The van der Waals surface area contributed by atoms with E-state index in [0.717, 1.165) is 32.1 Å². The number of thioether (sulfide) groups is 1. The number of ether oxygens (including phenoxy) is 1. The molecule has 37 heavy (non-hydrogen) atoms. The number of carboxylic acids is 1. The third kappa shape index (κ3) is 6.11. The number of phenols is 1. The van der Waals surface area contributed by atoms with E-state index in [1.165, 1.54) is 28.8 Å². The molecule has 2 fully saturated rings. The van der Waals surface area contributed by atoms with Gasteiger partial charge < -0.3 is 30.3 Å². The number of nitrogens with one attached hydrogen (secondary N) is 2. The van der Waals surface area contributed by atoms with Crippen LogP contribution < -0.4 is 10.6 Å². The number of hydrogen-bond acceptors (Lipinski definition) is 8. The Morgan fingerprint density at radius 3 is 2.59 bits per heavy atom. The third-order valence-electron chi connectivity index (χ3n) is 7.03. The molecule has 0 bridgehead atoms. The maximum Gasteiger partial charge on any atom is 0.327 e. The average molecular weight is 534 g/mol. The first kappa shape index (κ1) is 27.4. The van der Waals surface area contributed by atoms with Crippen molar-refractivity contribution in [3.05, 3.63) is 42.0 Å². The Bertz CT molecular complexity index is 1030. The number of carbonyl (C=O) groups excluding carboxylic acids is 2. The summed E-state index contributed by atoms with van der Waals surface area (Å²) in [6.45, 7) is 3.52. The van der Waals surface area contributed by atoms with Gasteiger partial charge in [0.05, 0.1) is 12.7 Å². The number of fused-ring (bicyclic) bond motifs is 1. The molecule has 1 aromatic carbocycles. The maximum absolute atomic E-state index is 13.4. The number of allylic oxidation sites excluding steroid dienone is 2. The molecule has 0 spiro atoms. The van der Waals surface area contributed by atoms with Crippen molar-refractivity contribution in [3.8, 4) is 5.75 Å². The Morgan fingerprint density at radius 1 is 1.19 bits per heavy atom. The zero-order chi connectivity index (χ0) is 26.7. The molecule has 2 unspecified atom stereocenters. The minimum atomic E-state index is -1.16. The van der Waals surface area contributed by atoms with E-state index in [-0.39, 0.29) is 18.5 Å². The van der Waals surface area contributed by atoms with Gasteiger partial charge in [-0.1, -0.05) is 24.3 Å². The number of benzene rings is 1. The normalized spacial score (nSPS) is 29.3. The van der Waals surface area contributed by atoms with Crippen LogP contribution in [0.15, 0.2) is 36.4 Å². The minimum absolute atomic E-state index is 0.0145. The Hall–Kier alpha value is -2.60. The third-order valence-corrected chi connectivity index (χ3v) is 8.60. The number of aliphatic hydroxyl groups is 1. The van der Waals surface area contributed by atoms with Gasteiger partial charge >= 0.3 is 5.97 Å². The predicted octanol–water partition coefficient (Wildman–Crippen LogP) is 1.88. The second kappa shape index (κ2) is 11.4. The molecule has 10 nitrogen and oxygen atoms in total. The van der Waals surface area contributed by atoms with Crippen LogP contribution >= 0.6 is 11.8 Å². The highest BCUT2D eigenvalue weighted by Gasteiger charge is 2.64. The van der Waals surface area contributed by atoms with Crippen molar-refractivity contribution in [3.63, 3.8) is 0 Å². The van der Waals surface area contributed by atoms with Crippen LogP contribution in [0.3, 0.4) is 0 Å². The van der Waals surface area contributed by atoms with Crippen molar-refractivity contribution < 1.29 is 34.4 Å². The number of hydrogen-bond donors (Lipinski definition) is 5. The number of aromatic hydroxyl groups is 1. The lowest BCUT2D eigenvalue weighted by Crippen LogP contribution is -2.71. The number of carboxylic acid groups (broad SMARTS) is 1. The van der Waals surface area contributed by atoms with E-state index in [4.69, 9.17) is 4.74 Å². The topological polar surface area (TPSA) is 148 Å². The van der Waals surface area contributed by atoms with Gasteiger partial charge in [0.2, 0.25) is 11.8 Å². The molecular formula is C26H35N3O7S. The molecule has 1 aromatic rings. The number of phenolic OH excluding ortho intramolecular Hbond substituents is 1. The zero-order valence-electron chi connectivity index (χ0n) is 21.0. The first-order valence-electron chi connectivity index (χ1n) is 12.6. The fourth-order valence-electron chi connectivity index (χ4n) is 5.13. The van der Waals surface area contributed by atoms with Crippen molar-refractivity contribution in [2.75, 3.05) is 6.61 Å². The van der Waals surface area contributed by atoms with E-state index in [1.807, 2.05) is 0 Å². The van der Waals surface area contributed by atoms with Crippen LogP contribution in [0, 0.1) is 0 Å². The number of rotatable bonds is 9. The quantitative estimate of drug-likeness (QED) is 0.182. The fraction of sp³-hybridized carbons (Fsp3) is 0.577. The lowest BCUT2D eigenvalue weighted by Gasteiger charge is -2.44. The molecule has 0 radical (unpaired) electrons. The summed E-state index contributed by atoms with van der Waals surface area (Å²) in [7, 11) is 0. The van der Waals surface area contributed by atoms with E-state index >= 15 is 0 Å². The molecule has 202 valence electrons. The SMILES string of the molecule is CC1(C)S[C@@H]2[C@H](NC(=O)[C@H](NC(O)COC3CC/C=C/CCC3)c3ccc(O)cc3)C(=O)N2[C@H]1C(=O)O. The molecule has 1 aliphatic carbocycles. The van der Waals surface area contributed by atoms with Gasteiger partial charge in [0.25, 0.3) is 0 Å². The minimum Gasteiger partial charge on any atom is -0.508 e. The van der Waals surface area contributed by atoms with Crippen molar-refractivity contribution in [1.29, 1.82) is 0 Å². The Morgan fingerprint density at radius 2 is 1.89 bits per heavy atom. The number of aliphatic hydroxyl groups excluding tert-OH is 1. The molecule has 0 saturated carbocycles. The molecule has 6 atom stereocenters. The van der Waals surface area contributed by atoms with Gasteiger partial charge in [-0.15, -0.1) is 11.8 Å². The van der Waals surface area contributed by atoms with Crippen LogP contribution in [-0.2, 0) is 19.1 Å². The molecule has 2 heterocycles. The van der Waals surface area contributed by atoms with Crippen molar-refractivity contribution in [1.82, 2.24) is 15.5 Å². The van der Waals surface area contributed by atoms with Crippen LogP contribution in [0.25, 0.3) is 0 Å². The standard InChI is InChI=1S/C26H35N3O7S/c1-26(2)21(25(34)35)29-23(33)20(24(29)37-26)28-22(32)19(15-10-12-16(30)13-11-15)27-18(31)14-36-17-8-6-4-3-5-7-9-17/h3-4,10-13,17-21,24,27,30-31H,5-9,14H2,1-2H3,(H,28,32)(H,34,35)/b4-3+/t17?,18?,19-,20-,21+,24-/m1/s1. The fourth-order valence-corrected chi connectivity index (χ4v) is 6.76. The smallest absolute Gasteiger partial charge is 0.327 e. The Kier molecular flexibility index (Phi) is 8.47. The maximum atomic E-state index is 13.4. The summed E-state index contributed by atoms with van der Waals surface area (Å²) in [5, 5.41) is 35.1. The molecule has 2 amide bonds. The van der Waals surface area contributed by atoms with Gasteiger partial charge in [0.15, 0.2) is 0 Å². The largest absolute Gasteiger partial charge is 0.508 e. The summed E-state index contributed by atoms with van der Waals surface area (Å²) < 4.78 is 5.21. The van der Waals surface area contributed by atoms with Gasteiger partial charge in [-0.05, 0) is 63.6 Å². The molecule has 2 aliphatic heterocycles. The number of β-lactam (4-membered cyclic amide) rings is 1. The summed E-state index contributed by atoms with van der Waals surface area (Å²) in [6, 6.07) is 3.11. The zero-order valence-corrected chi connectivity index (χ0v) is 21.8. The monoisotopic (exact) mass is 533 g/mol. The van der Waals surface area contributed by atoms with Crippen molar-refractivity contribution in [2.45, 2.75) is 86.5 Å². The van der Waals surface area contributed by atoms with E-state index in [9.17, 15) is 29.7 Å². The molecule has 11 heteroatoms. The Balaban J connectivity index is 1.42. The number of carbonyl (C=O) groups is 3. The molecular weight excluding hydrogens is 498 g/mol. The van der Waals surface area contributed by atoms with E-state index in [2.05, 4.69) is 22.8 Å². The number of amides is 2. The summed E-state index contributed by atoms with van der Waals surface area (Å²) in [6.07, 6.45) is 7.86. The van der Waals surface area contributed by atoms with Crippen molar-refractivity contribution >= 4 is 29.5 Å². The number of nitrogens with zero attached hydrogens (tertiary/aromatic N) is 1. The lowest BCUT2D eigenvalue weighted by atomic mass is 9.95. The van der Waals surface area contributed by atoms with Gasteiger partial charge in [0.1, 0.15) is 35.5 Å². The van der Waals surface area contributed by atoms with Crippen LogP contribution in [-0.4, -0.2) is 79.1 Å². The first-order chi connectivity index (χ1) is 17.6. The van der Waals surface area contributed by atoms with E-state index < -0.39 is 52.3 Å². The first-order valence-corrected chi connectivity index (χ1v) is 13.5. The summed E-state index contributed by atoms with van der Waals surface area (Å²) in [5.41, 5.74) is 0.483. The molecule has 5 N–H and O–H groups in total.